The number of nitrogens with zero attached hydrogens (tertiary/aromatic N) is 4. The molecule has 5 N–H and O–H groups in total. The maximum absolute atomic E-state index is 12.7. The molecule has 200 valence electrons. The lowest BCUT2D eigenvalue weighted by Gasteiger charge is -2.24. The van der Waals surface area contributed by atoms with Crippen LogP contribution in [0.4, 0.5) is 4.79 Å². The highest BCUT2D eigenvalue weighted by Crippen LogP contribution is 2.18. The lowest BCUT2D eigenvalue weighted by molar-refractivity contribution is -0.126. The molecule has 0 aliphatic heterocycles. The van der Waals surface area contributed by atoms with Crippen molar-refractivity contribution in [1.29, 1.82) is 0 Å². The molecule has 37 heavy (non-hydrogen) atoms. The minimum atomic E-state index is -1.14. The second-order valence-electron chi connectivity index (χ2n) is 8.89. The molecular weight excluding hydrogens is 502 g/mol. The second kappa shape index (κ2) is 13.0. The summed E-state index contributed by atoms with van der Waals surface area (Å²) in [4.78, 5) is 37.1. The largest absolute Gasteiger partial charge is 0.443 e. The van der Waals surface area contributed by atoms with E-state index in [0.717, 1.165) is 10.5 Å². The van der Waals surface area contributed by atoms with Gasteiger partial charge < -0.3 is 31.2 Å². The topological polar surface area (TPSA) is 167 Å². The number of pyridine rings is 1. The highest BCUT2D eigenvalue weighted by Gasteiger charge is 2.28. The van der Waals surface area contributed by atoms with Crippen LogP contribution in [0.5, 0.6) is 0 Å². The summed E-state index contributed by atoms with van der Waals surface area (Å²) in [5.74, 6) is -0.674. The summed E-state index contributed by atoms with van der Waals surface area (Å²) < 4.78 is 12.9. The molecule has 2 heterocycles. The Morgan fingerprint density at radius 1 is 1.08 bits per heavy atom. The molecule has 0 bridgehead atoms. The van der Waals surface area contributed by atoms with E-state index in [1.807, 2.05) is 30.3 Å². The number of rotatable bonds is 11. The van der Waals surface area contributed by atoms with Crippen molar-refractivity contribution in [2.75, 3.05) is 20.2 Å². The molecule has 3 amide bonds. The number of hydrogen-bond acceptors (Lipinski definition) is 8. The van der Waals surface area contributed by atoms with Gasteiger partial charge in [-0.25, -0.2) is 4.79 Å². The second-order valence-corrected chi connectivity index (χ2v) is 8.89. The number of likely N-dealkylation sites (N-methyl/N-ethyl adjacent to an activating group) is 1. The number of ether oxygens (including phenoxy) is 2. The Balaban J connectivity index is 0.00000481. The van der Waals surface area contributed by atoms with Crippen molar-refractivity contribution in [3.8, 4) is 0 Å². The number of fused-ring (bicyclic) bond motifs is 1. The fraction of sp³-hybridized carbons (Fsp3) is 0.375. The first-order valence-corrected chi connectivity index (χ1v) is 11.3. The fourth-order valence-electron chi connectivity index (χ4n) is 3.31. The summed E-state index contributed by atoms with van der Waals surface area (Å²) in [7, 11) is 1.40. The van der Waals surface area contributed by atoms with Crippen LogP contribution in [0.2, 0.25) is 0 Å². The third-order valence-corrected chi connectivity index (χ3v) is 5.18. The van der Waals surface area contributed by atoms with Crippen LogP contribution in [-0.4, -0.2) is 63.1 Å². The summed E-state index contributed by atoms with van der Waals surface area (Å²) >= 11 is 0. The molecule has 0 fully saturated rings. The van der Waals surface area contributed by atoms with Crippen molar-refractivity contribution in [3.05, 3.63) is 65.6 Å². The minimum Gasteiger partial charge on any atom is -0.443 e. The Hall–Kier alpha value is -3.74. The Kier molecular flexibility index (Phi) is 10.4. The first-order chi connectivity index (χ1) is 17.1. The van der Waals surface area contributed by atoms with E-state index < -0.39 is 29.5 Å². The molecule has 13 heteroatoms. The highest BCUT2D eigenvalue weighted by molar-refractivity contribution is 5.85. The molecule has 0 saturated carbocycles. The van der Waals surface area contributed by atoms with Crippen LogP contribution in [0.25, 0.3) is 5.65 Å². The number of amides is 3. The van der Waals surface area contributed by atoms with Gasteiger partial charge in [0, 0.05) is 7.05 Å². The third kappa shape index (κ3) is 8.13. The number of carbonyl (C=O) groups excluding carboxylic acids is 3. The maximum atomic E-state index is 12.7. The SMILES string of the molecule is CN(CC(N)=O)C(=O)OCc1cccc2nnc(C(COCc3ccccc3)NC(=O)C(C)(C)N)n12.Cl. The van der Waals surface area contributed by atoms with Crippen LogP contribution in [-0.2, 0) is 32.3 Å². The fourth-order valence-corrected chi connectivity index (χ4v) is 3.31. The van der Waals surface area contributed by atoms with E-state index in [1.54, 1.807) is 36.4 Å². The van der Waals surface area contributed by atoms with E-state index in [1.165, 1.54) is 7.05 Å². The van der Waals surface area contributed by atoms with Crippen molar-refractivity contribution in [2.45, 2.75) is 38.6 Å². The molecular formula is C24H32ClN7O5. The predicted molar refractivity (Wildman–Crippen MR) is 137 cm³/mol. The number of primary amides is 1. The van der Waals surface area contributed by atoms with Gasteiger partial charge in [-0.05, 0) is 31.5 Å². The standard InChI is InChI=1S/C24H31N7O5.ClH/c1-24(2,26)22(33)27-18(15-35-13-16-8-5-4-6-9-16)21-29-28-20-11-7-10-17(31(20)21)14-36-23(34)30(3)12-19(25)32;/h4-11,18H,12-15,26H2,1-3H3,(H2,25,32)(H,27,33);1H. The number of hydrogen-bond donors (Lipinski definition) is 3. The quantitative estimate of drug-likeness (QED) is 0.331. The molecule has 0 spiro atoms. The van der Waals surface area contributed by atoms with Gasteiger partial charge in [0.15, 0.2) is 11.5 Å². The van der Waals surface area contributed by atoms with E-state index in [4.69, 9.17) is 20.9 Å². The van der Waals surface area contributed by atoms with Gasteiger partial charge >= 0.3 is 6.09 Å². The molecule has 0 saturated heterocycles. The van der Waals surface area contributed by atoms with E-state index >= 15 is 0 Å². The summed E-state index contributed by atoms with van der Waals surface area (Å²) in [6, 6.07) is 14.1. The number of carbonyl (C=O) groups is 3. The molecule has 0 radical (unpaired) electrons. The van der Waals surface area contributed by atoms with Gasteiger partial charge in [0.2, 0.25) is 11.8 Å². The predicted octanol–water partition coefficient (Wildman–Crippen LogP) is 1.32. The molecule has 12 nitrogen and oxygen atoms in total. The Morgan fingerprint density at radius 3 is 2.43 bits per heavy atom. The number of halogens is 1. The zero-order valence-electron chi connectivity index (χ0n) is 20.9. The van der Waals surface area contributed by atoms with Crippen LogP contribution in [0.15, 0.2) is 48.5 Å². The Morgan fingerprint density at radius 2 is 1.78 bits per heavy atom. The van der Waals surface area contributed by atoms with E-state index in [2.05, 4.69) is 15.5 Å². The number of aromatic nitrogens is 3. The maximum Gasteiger partial charge on any atom is 0.410 e. The average molecular weight is 534 g/mol. The van der Waals surface area contributed by atoms with E-state index in [0.29, 0.717) is 23.8 Å². The van der Waals surface area contributed by atoms with Crippen LogP contribution in [0.1, 0.15) is 37.0 Å². The van der Waals surface area contributed by atoms with Gasteiger partial charge in [-0.3, -0.25) is 14.0 Å². The van der Waals surface area contributed by atoms with Crippen LogP contribution < -0.4 is 16.8 Å². The normalized spacial score (nSPS) is 11.9. The minimum absolute atomic E-state index is 0. The average Bonchev–Trinajstić information content (AvgIpc) is 3.26. The lowest BCUT2D eigenvalue weighted by atomic mass is 10.1. The molecule has 1 aromatic carbocycles. The summed E-state index contributed by atoms with van der Waals surface area (Å²) in [5.41, 5.74) is 12.0. The smallest absolute Gasteiger partial charge is 0.410 e. The molecule has 0 aliphatic rings. The van der Waals surface area contributed by atoms with Crippen LogP contribution >= 0.6 is 12.4 Å². The number of nitrogens with two attached hydrogens (primary N) is 2. The summed E-state index contributed by atoms with van der Waals surface area (Å²) in [5, 5.41) is 11.4. The van der Waals surface area contributed by atoms with Gasteiger partial charge in [0.25, 0.3) is 0 Å². The molecule has 3 aromatic rings. The van der Waals surface area contributed by atoms with Gasteiger partial charge in [-0.1, -0.05) is 36.4 Å². The molecule has 1 unspecified atom stereocenters. The summed E-state index contributed by atoms with van der Waals surface area (Å²) in [6.45, 7) is 3.19. The van der Waals surface area contributed by atoms with Crippen LogP contribution in [0.3, 0.4) is 0 Å². The Labute approximate surface area is 220 Å². The number of benzene rings is 1. The van der Waals surface area contributed by atoms with Crippen molar-refractivity contribution >= 4 is 36.0 Å². The van der Waals surface area contributed by atoms with Crippen molar-refractivity contribution in [1.82, 2.24) is 24.8 Å². The van der Waals surface area contributed by atoms with Gasteiger partial charge in [0.05, 0.1) is 24.4 Å². The number of nitrogens with one attached hydrogen (secondary N) is 1. The van der Waals surface area contributed by atoms with E-state index in [-0.39, 0.29) is 32.2 Å². The first-order valence-electron chi connectivity index (χ1n) is 11.3. The molecule has 3 rings (SSSR count). The molecule has 0 aliphatic carbocycles. The molecule has 2 aromatic heterocycles. The first kappa shape index (κ1) is 29.5. The van der Waals surface area contributed by atoms with Crippen molar-refractivity contribution in [3.63, 3.8) is 0 Å². The van der Waals surface area contributed by atoms with Gasteiger partial charge in [-0.15, -0.1) is 22.6 Å². The van der Waals surface area contributed by atoms with Crippen molar-refractivity contribution in [2.24, 2.45) is 11.5 Å². The van der Waals surface area contributed by atoms with E-state index in [9.17, 15) is 14.4 Å². The zero-order valence-corrected chi connectivity index (χ0v) is 21.7. The van der Waals surface area contributed by atoms with Crippen LogP contribution in [0, 0.1) is 0 Å². The highest BCUT2D eigenvalue weighted by atomic mass is 35.5. The van der Waals surface area contributed by atoms with Crippen molar-refractivity contribution < 1.29 is 23.9 Å². The molecule has 1 atom stereocenters. The lowest BCUT2D eigenvalue weighted by Crippen LogP contribution is -2.51. The third-order valence-electron chi connectivity index (χ3n) is 5.18. The van der Waals surface area contributed by atoms with Gasteiger partial charge in [0.1, 0.15) is 19.2 Å². The monoisotopic (exact) mass is 533 g/mol. The van der Waals surface area contributed by atoms with Gasteiger partial charge in [-0.2, -0.15) is 0 Å². The summed E-state index contributed by atoms with van der Waals surface area (Å²) in [6.07, 6.45) is -0.721. The Bertz CT molecular complexity index is 1210. The zero-order chi connectivity index (χ0) is 26.3.